The Kier molecular flexibility index (Phi) is 4.12. The highest BCUT2D eigenvalue weighted by Crippen LogP contribution is 2.26. The van der Waals surface area contributed by atoms with Gasteiger partial charge in [-0.05, 0) is 0 Å². The monoisotopic (exact) mass is 287 g/mol. The van der Waals surface area contributed by atoms with Crippen LogP contribution in [0.4, 0.5) is 22.0 Å². The van der Waals surface area contributed by atoms with E-state index in [1.807, 2.05) is 0 Å². The van der Waals surface area contributed by atoms with Gasteiger partial charge in [0.25, 0.3) is 6.43 Å². The average Bonchev–Trinajstić information content (AvgIpc) is 2.25. The van der Waals surface area contributed by atoms with E-state index in [4.69, 9.17) is 0 Å². The second kappa shape index (κ2) is 5.24. The molecule has 0 saturated heterocycles. The molecule has 1 heterocycles. The van der Waals surface area contributed by atoms with Crippen molar-refractivity contribution in [2.45, 2.75) is 12.8 Å². The Morgan fingerprint density at radius 2 is 1.95 bits per heavy atom. The fraction of sp³-hybridized carbons (Fsp3) is 0.333. The van der Waals surface area contributed by atoms with Crippen LogP contribution >= 0.6 is 0 Å². The molecule has 1 N–H and O–H groups in total. The summed E-state index contributed by atoms with van der Waals surface area (Å²) in [6.07, 6.45) is -8.51. The minimum Gasteiger partial charge on any atom is -0.465 e. The first-order chi connectivity index (χ1) is 8.65. The Morgan fingerprint density at radius 1 is 1.37 bits per heavy atom. The van der Waals surface area contributed by atoms with Gasteiger partial charge in [-0.1, -0.05) is 0 Å². The van der Waals surface area contributed by atoms with E-state index in [-0.39, 0.29) is 0 Å². The lowest BCUT2D eigenvalue weighted by atomic mass is 10.2. The molecule has 0 unspecified atom stereocenters. The van der Waals surface area contributed by atoms with E-state index in [0.29, 0.717) is 6.07 Å². The summed E-state index contributed by atoms with van der Waals surface area (Å²) in [7, 11) is 0.806. The number of H-pyrrole nitrogens is 1. The van der Waals surface area contributed by atoms with Crippen molar-refractivity contribution < 1.29 is 36.2 Å². The number of halogens is 5. The van der Waals surface area contributed by atoms with Crippen LogP contribution in [0.2, 0.25) is 0 Å². The number of aromatic amines is 1. The predicted octanol–water partition coefficient (Wildman–Crippen LogP) is 2.00. The normalized spacial score (nSPS) is 11.5. The first-order valence-electron chi connectivity index (χ1n) is 4.55. The van der Waals surface area contributed by atoms with Crippen LogP contribution in [-0.2, 0) is 4.74 Å². The van der Waals surface area contributed by atoms with Gasteiger partial charge in [0, 0.05) is 6.07 Å². The van der Waals surface area contributed by atoms with Gasteiger partial charge in [-0.25, -0.2) is 13.6 Å². The van der Waals surface area contributed by atoms with Crippen molar-refractivity contribution in [1.29, 1.82) is 0 Å². The Hall–Kier alpha value is -2.13. The molecule has 10 heteroatoms. The molecule has 1 aromatic heterocycles. The van der Waals surface area contributed by atoms with Crippen molar-refractivity contribution in [3.05, 3.63) is 27.5 Å². The zero-order chi connectivity index (χ0) is 14.8. The number of carbonyl (C=O) groups is 1. The van der Waals surface area contributed by atoms with Gasteiger partial charge in [-0.3, -0.25) is 4.79 Å². The van der Waals surface area contributed by atoms with Crippen molar-refractivity contribution in [2.75, 3.05) is 7.11 Å². The topological polar surface area (TPSA) is 68.4 Å². The van der Waals surface area contributed by atoms with E-state index in [2.05, 4.69) is 9.47 Å². The van der Waals surface area contributed by atoms with E-state index in [1.165, 1.54) is 4.98 Å². The Labute approximate surface area is 101 Å². The molecule has 0 aliphatic carbocycles. The number of pyridine rings is 1. The summed E-state index contributed by atoms with van der Waals surface area (Å²) in [4.78, 5) is 24.0. The third-order valence-electron chi connectivity index (χ3n) is 1.86. The maximum absolute atomic E-state index is 12.4. The molecular weight excluding hydrogens is 281 g/mol. The van der Waals surface area contributed by atoms with Gasteiger partial charge in [-0.15, -0.1) is 13.2 Å². The summed E-state index contributed by atoms with van der Waals surface area (Å²) in [5, 5.41) is 0. The number of hydrogen-bond donors (Lipinski definition) is 1. The third-order valence-corrected chi connectivity index (χ3v) is 1.86. The van der Waals surface area contributed by atoms with E-state index in [9.17, 15) is 31.5 Å². The van der Waals surface area contributed by atoms with Crippen LogP contribution in [-0.4, -0.2) is 24.4 Å². The molecule has 0 aromatic carbocycles. The number of esters is 1. The zero-order valence-corrected chi connectivity index (χ0v) is 9.18. The molecule has 0 fully saturated rings. The van der Waals surface area contributed by atoms with Gasteiger partial charge in [-0.2, -0.15) is 0 Å². The number of rotatable bonds is 3. The smallest absolute Gasteiger partial charge is 0.465 e. The lowest BCUT2D eigenvalue weighted by molar-refractivity contribution is -0.276. The van der Waals surface area contributed by atoms with Gasteiger partial charge >= 0.3 is 12.3 Å². The summed E-state index contributed by atoms with van der Waals surface area (Å²) in [5.74, 6) is -2.89. The molecule has 19 heavy (non-hydrogen) atoms. The summed E-state index contributed by atoms with van der Waals surface area (Å²) >= 11 is 0. The van der Waals surface area contributed by atoms with Crippen LogP contribution in [0, 0.1) is 0 Å². The second-order valence-corrected chi connectivity index (χ2v) is 3.13. The molecule has 0 saturated carbocycles. The van der Waals surface area contributed by atoms with Crippen LogP contribution in [0.15, 0.2) is 10.9 Å². The lowest BCUT2D eigenvalue weighted by Crippen LogP contribution is -2.25. The van der Waals surface area contributed by atoms with Crippen molar-refractivity contribution in [2.24, 2.45) is 0 Å². The second-order valence-electron chi connectivity index (χ2n) is 3.13. The SMILES string of the molecule is COC(=O)c1c(OC(F)(F)F)[nH]c(C(F)F)cc1=O. The fourth-order valence-electron chi connectivity index (χ4n) is 1.16. The largest absolute Gasteiger partial charge is 0.574 e. The third kappa shape index (κ3) is 3.66. The molecule has 0 atom stereocenters. The number of ether oxygens (including phenoxy) is 2. The molecule has 0 aliphatic heterocycles. The highest BCUT2D eigenvalue weighted by Gasteiger charge is 2.35. The van der Waals surface area contributed by atoms with Gasteiger partial charge in [0.15, 0.2) is 5.56 Å². The van der Waals surface area contributed by atoms with E-state index < -0.39 is 41.3 Å². The number of carbonyl (C=O) groups excluding carboxylic acids is 1. The van der Waals surface area contributed by atoms with Crippen molar-refractivity contribution in [3.8, 4) is 5.88 Å². The average molecular weight is 287 g/mol. The summed E-state index contributed by atoms with van der Waals surface area (Å²) in [6.45, 7) is 0. The maximum Gasteiger partial charge on any atom is 0.574 e. The molecule has 1 rings (SSSR count). The highest BCUT2D eigenvalue weighted by atomic mass is 19.4. The van der Waals surface area contributed by atoms with Gasteiger partial charge in [0.05, 0.1) is 12.8 Å². The molecule has 106 valence electrons. The minimum absolute atomic E-state index is 0.292. The molecule has 0 radical (unpaired) electrons. The standard InChI is InChI=1S/C9H6F5NO4/c1-18-8(17)5-4(16)2-3(6(10)11)15-7(5)19-9(12,13)14/h2,6H,1H3,(H,15,16). The molecular formula is C9H6F5NO4. The summed E-state index contributed by atoms with van der Waals surface area (Å²) in [5.41, 5.74) is -3.64. The van der Waals surface area contributed by atoms with E-state index >= 15 is 0 Å². The molecule has 0 amide bonds. The van der Waals surface area contributed by atoms with Gasteiger partial charge in [0.2, 0.25) is 11.3 Å². The Morgan fingerprint density at radius 3 is 2.37 bits per heavy atom. The van der Waals surface area contributed by atoms with Crippen LogP contribution in [0.1, 0.15) is 22.5 Å². The molecule has 0 aliphatic rings. The lowest BCUT2D eigenvalue weighted by Gasteiger charge is -2.12. The van der Waals surface area contributed by atoms with Gasteiger partial charge in [0.1, 0.15) is 0 Å². The number of methoxy groups -OCH3 is 1. The first kappa shape index (κ1) is 14.9. The number of alkyl halides is 5. The van der Waals surface area contributed by atoms with Crippen molar-refractivity contribution in [3.63, 3.8) is 0 Å². The van der Waals surface area contributed by atoms with Crippen LogP contribution in [0.25, 0.3) is 0 Å². The number of aromatic nitrogens is 1. The summed E-state index contributed by atoms with van der Waals surface area (Å²) in [6, 6.07) is 0.292. The molecule has 1 aromatic rings. The Bertz CT molecular complexity index is 536. The number of hydrogen-bond acceptors (Lipinski definition) is 4. The predicted molar refractivity (Wildman–Crippen MR) is 50.0 cm³/mol. The Balaban J connectivity index is 3.44. The van der Waals surface area contributed by atoms with Crippen LogP contribution in [0.3, 0.4) is 0 Å². The minimum atomic E-state index is -5.27. The van der Waals surface area contributed by atoms with E-state index in [0.717, 1.165) is 7.11 Å². The highest BCUT2D eigenvalue weighted by molar-refractivity contribution is 5.91. The molecule has 0 bridgehead atoms. The zero-order valence-electron chi connectivity index (χ0n) is 9.18. The quantitative estimate of drug-likeness (QED) is 0.682. The summed E-state index contributed by atoms with van der Waals surface area (Å²) < 4.78 is 68.3. The maximum atomic E-state index is 12.4. The van der Waals surface area contributed by atoms with Crippen molar-refractivity contribution in [1.82, 2.24) is 4.98 Å². The first-order valence-corrected chi connectivity index (χ1v) is 4.55. The van der Waals surface area contributed by atoms with Gasteiger partial charge < -0.3 is 14.5 Å². The van der Waals surface area contributed by atoms with Crippen molar-refractivity contribution >= 4 is 5.97 Å². The van der Waals surface area contributed by atoms with Crippen LogP contribution in [0.5, 0.6) is 5.88 Å². The number of nitrogens with one attached hydrogen (secondary N) is 1. The van der Waals surface area contributed by atoms with Crippen LogP contribution < -0.4 is 10.2 Å². The fourth-order valence-corrected chi connectivity index (χ4v) is 1.16. The van der Waals surface area contributed by atoms with E-state index in [1.54, 1.807) is 0 Å². The molecule has 0 spiro atoms. The molecule has 5 nitrogen and oxygen atoms in total.